The van der Waals surface area contributed by atoms with E-state index in [1.54, 1.807) is 6.92 Å². The summed E-state index contributed by atoms with van der Waals surface area (Å²) in [5.74, 6) is -0.544. The molecule has 0 aliphatic heterocycles. The van der Waals surface area contributed by atoms with Crippen molar-refractivity contribution in [3.63, 3.8) is 0 Å². The van der Waals surface area contributed by atoms with E-state index >= 15 is 0 Å². The second kappa shape index (κ2) is 7.21. The molecule has 0 heterocycles. The number of ketones is 1. The molecule has 0 aromatic heterocycles. The molecule has 0 saturated carbocycles. The minimum absolute atomic E-state index is 0.0981. The Hall–Kier alpha value is -1.29. The second-order valence-electron chi connectivity index (χ2n) is 4.02. The van der Waals surface area contributed by atoms with Gasteiger partial charge in [-0.2, -0.15) is 0 Å². The molecule has 1 atom stereocenters. The molecule has 1 unspecified atom stereocenters. The zero-order valence-electron chi connectivity index (χ0n) is 10.9. The molecule has 0 aliphatic carbocycles. The number of rotatable bonds is 6. The summed E-state index contributed by atoms with van der Waals surface area (Å²) in [5, 5.41) is -0.239. The minimum atomic E-state index is -0.446. The zero-order chi connectivity index (χ0) is 13.5. The molecule has 0 aliphatic rings. The van der Waals surface area contributed by atoms with Crippen molar-refractivity contribution < 1.29 is 14.3 Å². The van der Waals surface area contributed by atoms with Crippen molar-refractivity contribution >= 4 is 23.5 Å². The van der Waals surface area contributed by atoms with Gasteiger partial charge in [0.15, 0.2) is 5.78 Å². The molecule has 0 saturated heterocycles. The maximum absolute atomic E-state index is 11.8. The molecule has 3 nitrogen and oxygen atoms in total. The molecule has 0 bridgehead atoms. The van der Waals surface area contributed by atoms with Crippen molar-refractivity contribution in [3.05, 3.63) is 29.8 Å². The van der Waals surface area contributed by atoms with Gasteiger partial charge in [0.2, 0.25) is 0 Å². The van der Waals surface area contributed by atoms with E-state index in [0.717, 1.165) is 4.90 Å². The van der Waals surface area contributed by atoms with Gasteiger partial charge in [0.05, 0.1) is 11.9 Å². The van der Waals surface area contributed by atoms with Crippen molar-refractivity contribution in [1.82, 2.24) is 0 Å². The van der Waals surface area contributed by atoms with E-state index in [4.69, 9.17) is 4.74 Å². The Labute approximate surface area is 112 Å². The lowest BCUT2D eigenvalue weighted by molar-refractivity contribution is -0.145. The van der Waals surface area contributed by atoms with Gasteiger partial charge in [-0.15, -0.1) is 11.8 Å². The van der Waals surface area contributed by atoms with Crippen molar-refractivity contribution in [1.29, 1.82) is 0 Å². The van der Waals surface area contributed by atoms with Crippen molar-refractivity contribution in [2.75, 3.05) is 6.61 Å². The lowest BCUT2D eigenvalue weighted by Crippen LogP contribution is -2.19. The van der Waals surface area contributed by atoms with Crippen LogP contribution in [0.4, 0.5) is 0 Å². The van der Waals surface area contributed by atoms with Crippen LogP contribution in [0.5, 0.6) is 0 Å². The molecule has 1 aromatic carbocycles. The van der Waals surface area contributed by atoms with Gasteiger partial charge in [-0.3, -0.25) is 9.59 Å². The van der Waals surface area contributed by atoms with Gasteiger partial charge in [-0.05, 0) is 32.9 Å². The van der Waals surface area contributed by atoms with Crippen LogP contribution in [-0.4, -0.2) is 23.6 Å². The normalized spacial score (nSPS) is 11.9. The summed E-state index contributed by atoms with van der Waals surface area (Å²) in [6.07, 6.45) is -0.145. The van der Waals surface area contributed by atoms with Crippen molar-refractivity contribution in [2.45, 2.75) is 37.3 Å². The predicted octanol–water partition coefficient (Wildman–Crippen LogP) is 3.00. The smallest absolute Gasteiger partial charge is 0.313 e. The number of ether oxygens (including phenoxy) is 1. The Balaban J connectivity index is 2.49. The molecule has 4 heteroatoms. The quantitative estimate of drug-likeness (QED) is 0.451. The van der Waals surface area contributed by atoms with Gasteiger partial charge in [0, 0.05) is 4.90 Å². The molecule has 98 valence electrons. The molecule has 1 aromatic rings. The third-order valence-electron chi connectivity index (χ3n) is 2.41. The van der Waals surface area contributed by atoms with Crippen LogP contribution in [0.15, 0.2) is 29.2 Å². The topological polar surface area (TPSA) is 43.4 Å². The van der Waals surface area contributed by atoms with Crippen LogP contribution in [0, 0.1) is 6.92 Å². The maximum atomic E-state index is 11.8. The fraction of sp³-hybridized carbons (Fsp3) is 0.429. The highest BCUT2D eigenvalue weighted by Crippen LogP contribution is 2.24. The summed E-state index contributed by atoms with van der Waals surface area (Å²) < 4.78 is 4.76. The fourth-order valence-electron chi connectivity index (χ4n) is 1.38. The third-order valence-corrected chi connectivity index (χ3v) is 3.57. The number of benzene rings is 1. The van der Waals surface area contributed by atoms with Gasteiger partial charge in [0.25, 0.3) is 0 Å². The molecule has 0 amide bonds. The SMILES string of the molecule is CCOC(=O)CC(=O)C(C)Sc1ccc(C)cc1. The first-order valence-corrected chi connectivity index (χ1v) is 6.82. The second-order valence-corrected chi connectivity index (χ2v) is 5.44. The van der Waals surface area contributed by atoms with Crippen molar-refractivity contribution in [3.8, 4) is 0 Å². The highest BCUT2D eigenvalue weighted by molar-refractivity contribution is 8.00. The molecular weight excluding hydrogens is 248 g/mol. The first kappa shape index (κ1) is 14.8. The van der Waals surface area contributed by atoms with E-state index in [0.29, 0.717) is 6.61 Å². The number of esters is 1. The predicted molar refractivity (Wildman–Crippen MR) is 72.8 cm³/mol. The van der Waals surface area contributed by atoms with Gasteiger partial charge < -0.3 is 4.74 Å². The molecule has 0 spiro atoms. The van der Waals surface area contributed by atoms with Crippen LogP contribution in [0.3, 0.4) is 0 Å². The van der Waals surface area contributed by atoms with Gasteiger partial charge in [-0.1, -0.05) is 17.7 Å². The van der Waals surface area contributed by atoms with Gasteiger partial charge in [-0.25, -0.2) is 0 Å². The summed E-state index contributed by atoms with van der Waals surface area (Å²) in [6, 6.07) is 7.97. The van der Waals surface area contributed by atoms with E-state index in [9.17, 15) is 9.59 Å². The van der Waals surface area contributed by atoms with E-state index in [2.05, 4.69) is 0 Å². The summed E-state index contributed by atoms with van der Waals surface area (Å²) in [7, 11) is 0. The van der Waals surface area contributed by atoms with Crippen LogP contribution in [0.1, 0.15) is 25.8 Å². The molecule has 18 heavy (non-hydrogen) atoms. The summed E-state index contributed by atoms with van der Waals surface area (Å²) in [5.41, 5.74) is 1.19. The monoisotopic (exact) mass is 266 g/mol. The highest BCUT2D eigenvalue weighted by atomic mass is 32.2. The molecular formula is C14H18O3S. The zero-order valence-corrected chi connectivity index (χ0v) is 11.8. The average Bonchev–Trinajstić information content (AvgIpc) is 2.32. The van der Waals surface area contributed by atoms with Crippen LogP contribution in [-0.2, 0) is 14.3 Å². The Bertz CT molecular complexity index is 412. The molecule has 0 fully saturated rings. The minimum Gasteiger partial charge on any atom is -0.466 e. The first-order chi connectivity index (χ1) is 8.52. The van der Waals surface area contributed by atoms with E-state index < -0.39 is 5.97 Å². The van der Waals surface area contributed by atoms with E-state index in [1.807, 2.05) is 38.1 Å². The number of thioether (sulfide) groups is 1. The van der Waals surface area contributed by atoms with Crippen molar-refractivity contribution in [2.24, 2.45) is 0 Å². The third kappa shape index (κ3) is 4.92. The maximum Gasteiger partial charge on any atom is 0.313 e. The Morgan fingerprint density at radius 2 is 1.89 bits per heavy atom. The highest BCUT2D eigenvalue weighted by Gasteiger charge is 2.18. The van der Waals surface area contributed by atoms with Crippen LogP contribution < -0.4 is 0 Å². The molecule has 1 rings (SSSR count). The average molecular weight is 266 g/mol. The summed E-state index contributed by atoms with van der Waals surface area (Å²) in [4.78, 5) is 24.0. The standard InChI is InChI=1S/C14H18O3S/c1-4-17-14(16)9-13(15)11(3)18-12-7-5-10(2)6-8-12/h5-8,11H,4,9H2,1-3H3. The van der Waals surface area contributed by atoms with E-state index in [-0.39, 0.29) is 17.5 Å². The summed E-state index contributed by atoms with van der Waals surface area (Å²) >= 11 is 1.46. The van der Waals surface area contributed by atoms with Gasteiger partial charge in [0.1, 0.15) is 6.42 Å². The van der Waals surface area contributed by atoms with Crippen LogP contribution in [0.2, 0.25) is 0 Å². The lowest BCUT2D eigenvalue weighted by Gasteiger charge is -2.10. The number of carbonyl (C=O) groups is 2. The lowest BCUT2D eigenvalue weighted by atomic mass is 10.2. The molecule has 0 radical (unpaired) electrons. The van der Waals surface area contributed by atoms with E-state index in [1.165, 1.54) is 17.3 Å². The Kier molecular flexibility index (Phi) is 5.92. The molecule has 0 N–H and O–H groups in total. The Morgan fingerprint density at radius 1 is 1.28 bits per heavy atom. The fourth-order valence-corrected chi connectivity index (χ4v) is 2.30. The number of aryl methyl sites for hydroxylation is 1. The number of hydrogen-bond acceptors (Lipinski definition) is 4. The van der Waals surface area contributed by atoms with Crippen LogP contribution >= 0.6 is 11.8 Å². The van der Waals surface area contributed by atoms with Gasteiger partial charge >= 0.3 is 5.97 Å². The first-order valence-electron chi connectivity index (χ1n) is 5.94. The number of hydrogen-bond donors (Lipinski definition) is 0. The van der Waals surface area contributed by atoms with Crippen LogP contribution in [0.25, 0.3) is 0 Å². The Morgan fingerprint density at radius 3 is 2.44 bits per heavy atom. The summed E-state index contributed by atoms with van der Waals surface area (Å²) in [6.45, 7) is 5.87. The number of Topliss-reactive ketones (excluding diaryl/α,β-unsaturated/α-hetero) is 1. The number of carbonyl (C=O) groups excluding carboxylic acids is 2. The largest absolute Gasteiger partial charge is 0.466 e.